The Balaban J connectivity index is 1.62. The van der Waals surface area contributed by atoms with E-state index in [2.05, 4.69) is 17.1 Å². The van der Waals surface area contributed by atoms with Crippen molar-refractivity contribution < 1.29 is 4.74 Å². The average Bonchev–Trinajstić information content (AvgIpc) is 2.78. The smallest absolute Gasteiger partial charge is 0.0783 e. The molecular weight excluding hydrogens is 218 g/mol. The number of nitrogens with one attached hydrogen (secondary N) is 1. The molecule has 0 aromatic carbocycles. The van der Waals surface area contributed by atoms with E-state index in [-0.39, 0.29) is 5.60 Å². The van der Waals surface area contributed by atoms with Gasteiger partial charge in [-0.2, -0.15) is 11.8 Å². The van der Waals surface area contributed by atoms with Gasteiger partial charge in [-0.3, -0.25) is 0 Å². The van der Waals surface area contributed by atoms with Crippen LogP contribution in [0.1, 0.15) is 38.5 Å². The van der Waals surface area contributed by atoms with E-state index in [1.165, 1.54) is 56.6 Å². The summed E-state index contributed by atoms with van der Waals surface area (Å²) in [7, 11) is 0. The van der Waals surface area contributed by atoms with Gasteiger partial charge >= 0.3 is 0 Å². The topological polar surface area (TPSA) is 21.3 Å². The molecule has 1 N–H and O–H groups in total. The Morgan fingerprint density at radius 1 is 1.25 bits per heavy atom. The number of thioether (sulfide) groups is 1. The van der Waals surface area contributed by atoms with Gasteiger partial charge in [0.2, 0.25) is 0 Å². The zero-order valence-corrected chi connectivity index (χ0v) is 10.9. The Bertz CT molecular complexity index is 234. The highest BCUT2D eigenvalue weighted by molar-refractivity contribution is 7.99. The van der Waals surface area contributed by atoms with Crippen LogP contribution in [0.15, 0.2) is 0 Å². The first kappa shape index (κ1) is 11.4. The minimum atomic E-state index is 0.271. The van der Waals surface area contributed by atoms with Crippen LogP contribution in [-0.2, 0) is 4.74 Å². The predicted octanol–water partition coefficient (Wildman–Crippen LogP) is 2.43. The van der Waals surface area contributed by atoms with Crippen molar-refractivity contribution in [1.29, 1.82) is 0 Å². The molecule has 0 aromatic rings. The van der Waals surface area contributed by atoms with Gasteiger partial charge in [0.1, 0.15) is 0 Å². The fourth-order valence-corrected chi connectivity index (χ4v) is 4.93. The summed E-state index contributed by atoms with van der Waals surface area (Å²) in [5.41, 5.74) is 0.271. The molecule has 0 radical (unpaired) electrons. The number of piperidine rings is 1. The predicted molar refractivity (Wildman–Crippen MR) is 69.0 cm³/mol. The Hall–Kier alpha value is 0.270. The molecule has 3 rings (SSSR count). The summed E-state index contributed by atoms with van der Waals surface area (Å²) < 4.78 is 6.10. The van der Waals surface area contributed by atoms with E-state index >= 15 is 0 Å². The van der Waals surface area contributed by atoms with Crippen LogP contribution in [0.25, 0.3) is 0 Å². The van der Waals surface area contributed by atoms with Crippen LogP contribution in [0.2, 0.25) is 0 Å². The highest BCUT2D eigenvalue weighted by Gasteiger charge is 2.42. The van der Waals surface area contributed by atoms with Crippen molar-refractivity contribution in [1.82, 2.24) is 5.32 Å². The molecule has 0 amide bonds. The molecule has 3 heteroatoms. The Morgan fingerprint density at radius 2 is 2.25 bits per heavy atom. The number of hydrogen-bond donors (Lipinski definition) is 1. The van der Waals surface area contributed by atoms with E-state index < -0.39 is 0 Å². The summed E-state index contributed by atoms with van der Waals surface area (Å²) in [6.45, 7) is 2.24. The van der Waals surface area contributed by atoms with Crippen molar-refractivity contribution in [2.45, 2.75) is 50.2 Å². The number of hydrogen-bond acceptors (Lipinski definition) is 3. The van der Waals surface area contributed by atoms with Gasteiger partial charge in [0.15, 0.2) is 0 Å². The van der Waals surface area contributed by atoms with Gasteiger partial charge in [-0.05, 0) is 50.3 Å². The van der Waals surface area contributed by atoms with Crippen LogP contribution in [0.4, 0.5) is 0 Å². The zero-order chi connectivity index (χ0) is 10.8. The minimum absolute atomic E-state index is 0.271. The van der Waals surface area contributed by atoms with Crippen molar-refractivity contribution in [3.8, 4) is 0 Å². The van der Waals surface area contributed by atoms with Gasteiger partial charge in [0, 0.05) is 18.4 Å². The molecule has 3 heterocycles. The third kappa shape index (κ3) is 2.27. The lowest BCUT2D eigenvalue weighted by molar-refractivity contribution is -0.0863. The van der Waals surface area contributed by atoms with Gasteiger partial charge in [-0.25, -0.2) is 0 Å². The Kier molecular flexibility index (Phi) is 3.46. The normalized spacial score (nSPS) is 45.0. The SMILES string of the molecule is C1CCC(C2CCOC3(CCSC3)C2)NC1. The van der Waals surface area contributed by atoms with Crippen molar-refractivity contribution in [2.24, 2.45) is 5.92 Å². The third-order valence-electron chi connectivity index (χ3n) is 4.52. The van der Waals surface area contributed by atoms with Gasteiger partial charge in [-0.1, -0.05) is 6.42 Å². The molecule has 16 heavy (non-hydrogen) atoms. The third-order valence-corrected chi connectivity index (χ3v) is 5.74. The highest BCUT2D eigenvalue weighted by Crippen LogP contribution is 2.42. The van der Waals surface area contributed by atoms with Crippen molar-refractivity contribution in [3.05, 3.63) is 0 Å². The summed E-state index contributed by atoms with van der Waals surface area (Å²) in [6.07, 6.45) is 8.09. The molecule has 0 bridgehead atoms. The van der Waals surface area contributed by atoms with E-state index in [0.29, 0.717) is 0 Å². The molecule has 3 aliphatic heterocycles. The maximum atomic E-state index is 6.10. The van der Waals surface area contributed by atoms with Gasteiger partial charge in [0.05, 0.1) is 5.60 Å². The molecular formula is C13H23NOS. The van der Waals surface area contributed by atoms with Crippen LogP contribution in [0.5, 0.6) is 0 Å². The van der Waals surface area contributed by atoms with Crippen LogP contribution in [0, 0.1) is 5.92 Å². The van der Waals surface area contributed by atoms with Gasteiger partial charge < -0.3 is 10.1 Å². The first-order valence-electron chi connectivity index (χ1n) is 6.83. The largest absolute Gasteiger partial charge is 0.374 e. The van der Waals surface area contributed by atoms with Crippen LogP contribution < -0.4 is 5.32 Å². The molecule has 3 unspecified atom stereocenters. The molecule has 3 aliphatic rings. The van der Waals surface area contributed by atoms with Gasteiger partial charge in [0.25, 0.3) is 0 Å². The highest BCUT2D eigenvalue weighted by atomic mass is 32.2. The second kappa shape index (κ2) is 4.87. The summed E-state index contributed by atoms with van der Waals surface area (Å²) in [5.74, 6) is 3.44. The maximum absolute atomic E-state index is 6.10. The molecule has 92 valence electrons. The molecule has 0 aliphatic carbocycles. The van der Waals surface area contributed by atoms with Crippen molar-refractivity contribution in [3.63, 3.8) is 0 Å². The second-order valence-corrected chi connectivity index (χ2v) is 6.75. The molecule has 3 fully saturated rings. The monoisotopic (exact) mass is 241 g/mol. The Labute approximate surface area is 103 Å². The minimum Gasteiger partial charge on any atom is -0.374 e. The summed E-state index contributed by atoms with van der Waals surface area (Å²) in [6, 6.07) is 0.792. The molecule has 3 atom stereocenters. The molecule has 1 spiro atoms. The fraction of sp³-hybridized carbons (Fsp3) is 1.00. The maximum Gasteiger partial charge on any atom is 0.0783 e. The summed E-state index contributed by atoms with van der Waals surface area (Å²) in [4.78, 5) is 0. The van der Waals surface area contributed by atoms with Crippen LogP contribution >= 0.6 is 11.8 Å². The lowest BCUT2D eigenvalue weighted by Crippen LogP contribution is -2.48. The standard InChI is InChI=1S/C13H23NOS/c1-2-6-14-12(3-1)11-4-7-15-13(9-11)5-8-16-10-13/h11-12,14H,1-10H2. The zero-order valence-electron chi connectivity index (χ0n) is 10.0. The Morgan fingerprint density at radius 3 is 3.00 bits per heavy atom. The van der Waals surface area contributed by atoms with E-state index in [1.54, 1.807) is 0 Å². The van der Waals surface area contributed by atoms with E-state index in [1.807, 2.05) is 0 Å². The van der Waals surface area contributed by atoms with Crippen molar-refractivity contribution in [2.75, 3.05) is 24.7 Å². The molecule has 0 saturated carbocycles. The molecule has 0 aromatic heterocycles. The first-order chi connectivity index (χ1) is 7.88. The van der Waals surface area contributed by atoms with Crippen LogP contribution in [-0.4, -0.2) is 36.3 Å². The van der Waals surface area contributed by atoms with E-state index in [9.17, 15) is 0 Å². The van der Waals surface area contributed by atoms with Crippen molar-refractivity contribution >= 4 is 11.8 Å². The quantitative estimate of drug-likeness (QED) is 0.762. The first-order valence-corrected chi connectivity index (χ1v) is 7.99. The summed E-state index contributed by atoms with van der Waals surface area (Å²) in [5, 5.41) is 3.73. The lowest BCUT2D eigenvalue weighted by Gasteiger charge is -2.42. The number of ether oxygens (including phenoxy) is 1. The summed E-state index contributed by atoms with van der Waals surface area (Å²) >= 11 is 2.08. The van der Waals surface area contributed by atoms with E-state index in [4.69, 9.17) is 4.74 Å². The average molecular weight is 241 g/mol. The van der Waals surface area contributed by atoms with Crippen LogP contribution in [0.3, 0.4) is 0 Å². The van der Waals surface area contributed by atoms with E-state index in [0.717, 1.165) is 18.6 Å². The molecule has 3 saturated heterocycles. The molecule has 2 nitrogen and oxygen atoms in total. The lowest BCUT2D eigenvalue weighted by atomic mass is 9.79. The van der Waals surface area contributed by atoms with Gasteiger partial charge in [-0.15, -0.1) is 0 Å². The second-order valence-electron chi connectivity index (χ2n) is 5.64. The number of rotatable bonds is 1. The fourth-order valence-electron chi connectivity index (χ4n) is 3.55.